The zero-order chi connectivity index (χ0) is 25.2. The molecule has 2 atom stereocenters. The van der Waals surface area contributed by atoms with E-state index in [0.29, 0.717) is 36.3 Å². The van der Waals surface area contributed by atoms with Crippen molar-refractivity contribution in [2.75, 3.05) is 25.5 Å². The molecule has 6 nitrogen and oxygen atoms in total. The van der Waals surface area contributed by atoms with Gasteiger partial charge in [-0.1, -0.05) is 11.6 Å². The molecule has 2 aromatic carbocycles. The minimum atomic E-state index is -4.82. The van der Waals surface area contributed by atoms with Crippen LogP contribution in [0.1, 0.15) is 47.8 Å². The van der Waals surface area contributed by atoms with Crippen LogP contribution in [0.15, 0.2) is 30.3 Å². The number of methoxy groups -OCH3 is 1. The monoisotopic (exact) mass is 501 g/mol. The van der Waals surface area contributed by atoms with Crippen molar-refractivity contribution in [3.8, 4) is 5.75 Å². The lowest BCUT2D eigenvalue weighted by Gasteiger charge is -2.26. The van der Waals surface area contributed by atoms with Crippen molar-refractivity contribution in [3.63, 3.8) is 0 Å². The fourth-order valence-corrected chi connectivity index (χ4v) is 4.21. The average molecular weight is 502 g/mol. The van der Waals surface area contributed by atoms with Gasteiger partial charge in [-0.15, -0.1) is 13.2 Å². The van der Waals surface area contributed by atoms with E-state index < -0.39 is 18.1 Å². The number of alkyl halides is 3. The van der Waals surface area contributed by atoms with Crippen molar-refractivity contribution in [3.05, 3.63) is 57.9 Å². The number of benzene rings is 2. The van der Waals surface area contributed by atoms with Crippen LogP contribution in [0.4, 0.5) is 23.2 Å². The lowest BCUT2D eigenvalue weighted by molar-refractivity contribution is -0.274. The van der Waals surface area contributed by atoms with Crippen LogP contribution in [0.5, 0.6) is 5.75 Å². The van der Waals surface area contributed by atoms with Crippen LogP contribution >= 0.6 is 11.6 Å². The number of nitrogens with one attached hydrogen (secondary N) is 2. The van der Waals surface area contributed by atoms with Gasteiger partial charge in [0.25, 0.3) is 0 Å². The number of hydrogen-bond donors (Lipinski definition) is 2. The fraction of sp³-hybridized carbons (Fsp3) is 0.391. The Hall–Kier alpha value is -2.85. The largest absolute Gasteiger partial charge is 0.573 e. The molecule has 11 heteroatoms. The summed E-state index contributed by atoms with van der Waals surface area (Å²) in [6.45, 7) is 4.52. The van der Waals surface area contributed by atoms with Gasteiger partial charge in [0.2, 0.25) is 0 Å². The minimum Gasteiger partial charge on any atom is -0.465 e. The number of carbonyl (C=O) groups excluding carboxylic acids is 1. The normalized spacial score (nSPS) is 17.4. The third-order valence-corrected chi connectivity index (χ3v) is 5.87. The molecule has 1 unspecified atom stereocenters. The van der Waals surface area contributed by atoms with E-state index in [1.165, 1.54) is 25.1 Å². The lowest BCUT2D eigenvalue weighted by atomic mass is 10.0. The van der Waals surface area contributed by atoms with E-state index >= 15 is 0 Å². The van der Waals surface area contributed by atoms with Gasteiger partial charge in [0, 0.05) is 47.2 Å². The smallest absolute Gasteiger partial charge is 0.465 e. The Kier molecular flexibility index (Phi) is 7.72. The molecular weight excluding hydrogens is 478 g/mol. The number of rotatable bonds is 7. The fourth-order valence-electron chi connectivity index (χ4n) is 3.98. The molecule has 0 aliphatic carbocycles. The number of halogens is 5. The summed E-state index contributed by atoms with van der Waals surface area (Å²) in [5.41, 5.74) is 1.20. The van der Waals surface area contributed by atoms with Crippen LogP contribution < -0.4 is 10.1 Å². The van der Waals surface area contributed by atoms with Gasteiger partial charge in [-0.25, -0.2) is 9.18 Å². The van der Waals surface area contributed by atoms with E-state index in [4.69, 9.17) is 17.0 Å². The first kappa shape index (κ1) is 25.8. The van der Waals surface area contributed by atoms with Crippen LogP contribution in [-0.4, -0.2) is 49.2 Å². The molecule has 2 aromatic rings. The molecule has 3 rings (SSSR count). The van der Waals surface area contributed by atoms with Crippen molar-refractivity contribution >= 4 is 29.0 Å². The molecule has 0 amide bonds. The Bertz CT molecular complexity index is 1090. The lowest BCUT2D eigenvalue weighted by Crippen LogP contribution is -2.29. The third-order valence-electron chi connectivity index (χ3n) is 5.65. The van der Waals surface area contributed by atoms with E-state index in [-0.39, 0.29) is 34.1 Å². The summed E-state index contributed by atoms with van der Waals surface area (Å²) in [6, 6.07) is 6.08. The second-order valence-corrected chi connectivity index (χ2v) is 8.50. The van der Waals surface area contributed by atoms with Gasteiger partial charge in [0.1, 0.15) is 11.6 Å². The molecule has 2 N–H and O–H groups in total. The van der Waals surface area contributed by atoms with Gasteiger partial charge in [-0.2, -0.15) is 0 Å². The highest BCUT2D eigenvalue weighted by Gasteiger charge is 2.32. The zero-order valence-corrected chi connectivity index (χ0v) is 19.5. The minimum absolute atomic E-state index is 0.117. The second kappa shape index (κ2) is 10.2. The Balaban J connectivity index is 1.76. The van der Waals surface area contributed by atoms with Crippen LogP contribution in [-0.2, 0) is 4.74 Å². The molecule has 0 saturated carbocycles. The molecule has 34 heavy (non-hydrogen) atoms. The van der Waals surface area contributed by atoms with Gasteiger partial charge < -0.3 is 20.2 Å². The van der Waals surface area contributed by atoms with E-state index in [9.17, 15) is 22.4 Å². The zero-order valence-electron chi connectivity index (χ0n) is 18.7. The summed E-state index contributed by atoms with van der Waals surface area (Å²) in [6.07, 6.45) is -4.15. The molecule has 184 valence electrons. The van der Waals surface area contributed by atoms with Crippen molar-refractivity contribution < 1.29 is 31.8 Å². The first-order valence-electron chi connectivity index (χ1n) is 10.4. The highest BCUT2D eigenvalue weighted by molar-refractivity contribution is 6.30. The summed E-state index contributed by atoms with van der Waals surface area (Å²) in [5, 5.41) is 11.4. The molecule has 1 saturated heterocycles. The van der Waals surface area contributed by atoms with Crippen LogP contribution in [0.3, 0.4) is 0 Å². The van der Waals surface area contributed by atoms with Crippen molar-refractivity contribution in [1.82, 2.24) is 4.90 Å². The Morgan fingerprint density at radius 2 is 1.94 bits per heavy atom. The highest BCUT2D eigenvalue weighted by Crippen LogP contribution is 2.33. The van der Waals surface area contributed by atoms with Gasteiger partial charge in [-0.3, -0.25) is 4.90 Å². The molecule has 1 fully saturated rings. The molecule has 0 radical (unpaired) electrons. The van der Waals surface area contributed by atoms with Gasteiger partial charge in [0.05, 0.1) is 12.7 Å². The van der Waals surface area contributed by atoms with E-state index in [1.54, 1.807) is 6.07 Å². The van der Waals surface area contributed by atoms with E-state index in [0.717, 1.165) is 13.2 Å². The Labute approximate surface area is 199 Å². The first-order valence-corrected chi connectivity index (χ1v) is 10.8. The Morgan fingerprint density at radius 3 is 2.56 bits per heavy atom. The molecule has 1 aliphatic heterocycles. The third kappa shape index (κ3) is 6.18. The first-order chi connectivity index (χ1) is 15.9. The average Bonchev–Trinajstić information content (AvgIpc) is 3.19. The molecule has 0 bridgehead atoms. The molecule has 1 heterocycles. The van der Waals surface area contributed by atoms with Gasteiger partial charge in [-0.05, 0) is 56.2 Å². The number of hydrogen-bond acceptors (Lipinski definition) is 6. The maximum atomic E-state index is 14.5. The molecular formula is C23H24ClF4N3O3. The van der Waals surface area contributed by atoms with Crippen molar-refractivity contribution in [2.45, 2.75) is 38.7 Å². The number of anilines is 1. The van der Waals surface area contributed by atoms with Crippen LogP contribution in [0, 0.1) is 11.2 Å². The van der Waals surface area contributed by atoms with E-state index in [1.807, 2.05) is 6.92 Å². The topological polar surface area (TPSA) is 74.7 Å². The highest BCUT2D eigenvalue weighted by atomic mass is 35.5. The number of esters is 1. The summed E-state index contributed by atoms with van der Waals surface area (Å²) < 4.78 is 61.0. The molecule has 0 spiro atoms. The molecule has 1 aliphatic rings. The summed E-state index contributed by atoms with van der Waals surface area (Å²) >= 11 is 6.01. The maximum Gasteiger partial charge on any atom is 0.573 e. The standard InChI is InChI=1S/C23H24ClF4N3O3/c1-12(29)18-9-19(22(32)33-3)20(25)10-21(18)30-16-4-5-31(11-16)13(2)14-6-15(24)8-17(7-14)34-23(26,27)28/h6-10,13,16,29-30H,4-5,11H2,1-3H3/t13-,16?/m1/s1. The predicted octanol–water partition coefficient (Wildman–Crippen LogP) is 5.80. The summed E-state index contributed by atoms with van der Waals surface area (Å²) in [4.78, 5) is 13.9. The SMILES string of the molecule is COC(=O)c1cc(C(C)=N)c(NC2CCN([C@H](C)c3cc(Cl)cc(OC(F)(F)F)c3)C2)cc1F. The van der Waals surface area contributed by atoms with Crippen molar-refractivity contribution in [1.29, 1.82) is 5.41 Å². The van der Waals surface area contributed by atoms with Crippen LogP contribution in [0.25, 0.3) is 0 Å². The maximum absolute atomic E-state index is 14.5. The number of likely N-dealkylation sites (tertiary alicyclic amines) is 1. The van der Waals surface area contributed by atoms with E-state index in [2.05, 4.69) is 19.7 Å². The quantitative estimate of drug-likeness (QED) is 0.285. The predicted molar refractivity (Wildman–Crippen MR) is 120 cm³/mol. The summed E-state index contributed by atoms with van der Waals surface area (Å²) in [5.74, 6) is -1.98. The summed E-state index contributed by atoms with van der Waals surface area (Å²) in [7, 11) is 1.15. The number of carbonyl (C=O) groups is 1. The number of ether oxygens (including phenoxy) is 2. The van der Waals surface area contributed by atoms with Gasteiger partial charge >= 0.3 is 12.3 Å². The van der Waals surface area contributed by atoms with Crippen LogP contribution in [0.2, 0.25) is 5.02 Å². The van der Waals surface area contributed by atoms with Gasteiger partial charge in [0.15, 0.2) is 0 Å². The second-order valence-electron chi connectivity index (χ2n) is 8.06. The number of nitrogens with zero attached hydrogens (tertiary/aromatic N) is 1. The Morgan fingerprint density at radius 1 is 1.24 bits per heavy atom. The van der Waals surface area contributed by atoms with Crippen molar-refractivity contribution in [2.24, 2.45) is 0 Å². The molecule has 0 aromatic heterocycles.